The maximum Gasteiger partial charge on any atom is 0.410 e. The van der Waals surface area contributed by atoms with E-state index in [0.717, 1.165) is 20.1 Å². The topological polar surface area (TPSA) is 266 Å². The Bertz CT molecular complexity index is 2640. The fourth-order valence-electron chi connectivity index (χ4n) is 7.08. The number of ether oxygens (including phenoxy) is 2. The second kappa shape index (κ2) is 24.3. The third-order valence-corrected chi connectivity index (χ3v) is 12.0. The molecule has 5 amide bonds. The van der Waals surface area contributed by atoms with Crippen LogP contribution in [0.25, 0.3) is 10.9 Å². The van der Waals surface area contributed by atoms with Gasteiger partial charge < -0.3 is 51.9 Å². The Labute approximate surface area is 431 Å². The fourth-order valence-corrected chi connectivity index (χ4v) is 8.79. The number of H-pyrrole nitrogens is 1. The number of nitrogens with one attached hydrogen (secondary N) is 2. The highest BCUT2D eigenvalue weighted by Gasteiger charge is 2.44. The van der Waals surface area contributed by atoms with Gasteiger partial charge >= 0.3 is 12.2 Å². The number of primary amides is 2. The Kier molecular flexibility index (Phi) is 20.5. The Balaban J connectivity index is 0.000000288. The van der Waals surface area contributed by atoms with Crippen LogP contribution >= 0.6 is 47.8 Å². The second-order valence-corrected chi connectivity index (χ2v) is 21.5. The monoisotopic (exact) mass is 1170 g/mol. The van der Waals surface area contributed by atoms with Crippen molar-refractivity contribution < 1.29 is 47.3 Å². The van der Waals surface area contributed by atoms with Crippen LogP contribution in [0.2, 0.25) is 0 Å². The van der Waals surface area contributed by atoms with Crippen molar-refractivity contribution in [1.82, 2.24) is 19.8 Å². The van der Waals surface area contributed by atoms with Crippen LogP contribution in [0.5, 0.6) is 0 Å². The van der Waals surface area contributed by atoms with E-state index in [1.54, 1.807) is 73.6 Å². The second-order valence-electron chi connectivity index (χ2n) is 18.7. The van der Waals surface area contributed by atoms with Crippen molar-refractivity contribution in [3.8, 4) is 0 Å². The molecule has 2 fully saturated rings. The molecular formula is C48H63Br3F2N8O9. The zero-order valence-electron chi connectivity index (χ0n) is 41.0. The SMILES string of the molecule is CCO.Cc1cc(Br)cc(C(N)=O)c1N.Cc1cc(Br)cc(C(N)=O)c1NC(=O)C1(F)CCN(C(=O)OC(C)(C)C)CC1.Cc1cc(Br)cc2c(=O)[nH]c(C3(F)CCN(C(=O)OC(C)(C)C)CC3)nc12. The minimum absolute atomic E-state index is 0.0225. The first-order valence-corrected chi connectivity index (χ1v) is 24.5. The minimum Gasteiger partial charge on any atom is -0.444 e. The summed E-state index contributed by atoms with van der Waals surface area (Å²) in [5, 5.41) is 10.5. The number of aliphatic hydroxyl groups excluding tert-OH is 1. The lowest BCUT2D eigenvalue weighted by Gasteiger charge is -2.36. The van der Waals surface area contributed by atoms with Crippen LogP contribution in [0.3, 0.4) is 0 Å². The van der Waals surface area contributed by atoms with Gasteiger partial charge in [0.15, 0.2) is 11.3 Å². The number of piperidine rings is 2. The van der Waals surface area contributed by atoms with Gasteiger partial charge in [-0.1, -0.05) is 47.8 Å². The van der Waals surface area contributed by atoms with Crippen molar-refractivity contribution in [2.45, 2.75) is 117 Å². The number of fused-ring (bicyclic) bond motifs is 1. The quantitative estimate of drug-likeness (QED) is 0.103. The van der Waals surface area contributed by atoms with Gasteiger partial charge in [-0.05, 0) is 122 Å². The van der Waals surface area contributed by atoms with E-state index in [2.05, 4.69) is 63.1 Å². The summed E-state index contributed by atoms with van der Waals surface area (Å²) >= 11 is 9.88. The van der Waals surface area contributed by atoms with E-state index in [9.17, 15) is 28.8 Å². The first kappa shape index (κ1) is 59.1. The van der Waals surface area contributed by atoms with Crippen LogP contribution in [-0.4, -0.2) is 104 Å². The molecule has 0 bridgehead atoms. The van der Waals surface area contributed by atoms with Gasteiger partial charge in [-0.25, -0.2) is 23.4 Å². The third kappa shape index (κ3) is 16.4. The number of alkyl halides is 2. The van der Waals surface area contributed by atoms with Crippen LogP contribution < -0.4 is 28.1 Å². The number of aromatic nitrogens is 2. The maximum absolute atomic E-state index is 15.6. The zero-order valence-corrected chi connectivity index (χ0v) is 45.8. The van der Waals surface area contributed by atoms with Crippen molar-refractivity contribution in [2.75, 3.05) is 43.8 Å². The molecule has 9 N–H and O–H groups in total. The van der Waals surface area contributed by atoms with Gasteiger partial charge in [0.25, 0.3) is 23.3 Å². The number of hydrogen-bond donors (Lipinski definition) is 6. The van der Waals surface area contributed by atoms with Crippen molar-refractivity contribution >= 4 is 100.0 Å². The van der Waals surface area contributed by atoms with Gasteiger partial charge in [0.05, 0.1) is 27.7 Å². The number of benzene rings is 3. The number of aliphatic hydroxyl groups is 1. The summed E-state index contributed by atoms with van der Waals surface area (Å²) in [6.45, 7) is 18.4. The molecule has 0 saturated carbocycles. The number of anilines is 2. The van der Waals surface area contributed by atoms with E-state index < -0.39 is 52.4 Å². The molecule has 0 aliphatic carbocycles. The summed E-state index contributed by atoms with van der Waals surface area (Å²) in [6.07, 6.45) is -1.22. The normalized spacial score (nSPS) is 15.1. The van der Waals surface area contributed by atoms with E-state index in [1.807, 2.05) is 26.0 Å². The Morgan fingerprint density at radius 3 is 1.61 bits per heavy atom. The number of nitrogens with two attached hydrogens (primary N) is 3. The highest BCUT2D eigenvalue weighted by atomic mass is 79.9. The molecule has 0 spiro atoms. The molecule has 384 valence electrons. The predicted octanol–water partition coefficient (Wildman–Crippen LogP) is 9.16. The Morgan fingerprint density at radius 2 is 1.16 bits per heavy atom. The molecule has 4 aromatic rings. The number of amides is 5. The summed E-state index contributed by atoms with van der Waals surface area (Å²) in [6, 6.07) is 10.1. The number of hydrogen-bond acceptors (Lipinski definition) is 11. The number of aromatic amines is 1. The van der Waals surface area contributed by atoms with Gasteiger partial charge in [0.1, 0.15) is 17.0 Å². The van der Waals surface area contributed by atoms with Crippen molar-refractivity contribution in [3.05, 3.63) is 93.8 Å². The van der Waals surface area contributed by atoms with E-state index in [4.69, 9.17) is 31.8 Å². The summed E-state index contributed by atoms with van der Waals surface area (Å²) < 4.78 is 43.7. The molecule has 22 heteroatoms. The van der Waals surface area contributed by atoms with Crippen LogP contribution in [-0.2, 0) is 19.9 Å². The number of nitrogen functional groups attached to an aromatic ring is 1. The van der Waals surface area contributed by atoms with Crippen LogP contribution in [0.15, 0.2) is 54.6 Å². The van der Waals surface area contributed by atoms with Crippen molar-refractivity contribution in [2.24, 2.45) is 11.5 Å². The molecule has 0 unspecified atom stereocenters. The van der Waals surface area contributed by atoms with Gasteiger partial charge in [0, 0.05) is 77.6 Å². The number of likely N-dealkylation sites (tertiary alicyclic amines) is 2. The average molecular weight is 1170 g/mol. The lowest BCUT2D eigenvalue weighted by atomic mass is 9.92. The van der Waals surface area contributed by atoms with Crippen LogP contribution in [0.1, 0.15) is 117 Å². The molecule has 3 aromatic carbocycles. The number of carbonyl (C=O) groups excluding carboxylic acids is 5. The van der Waals surface area contributed by atoms with Gasteiger partial charge in [0.2, 0.25) is 0 Å². The molecule has 0 atom stereocenters. The standard InChI is InChI=1S/C19H25BrFN3O4.C19H23BrFN3O3.C8H9BrN2O.C2H6O/c1-11-9-12(20)10-13(15(22)25)14(11)23-16(26)19(21)5-7-24(8-6-19)17(27)28-18(2,3)4;1-11-9-12(20)10-13-14(11)22-16(23-15(13)25)19(21)5-7-24(8-6-19)17(26)27-18(2,3)4;1-4-2-5(9)3-6(7(4)10)8(11)12;1-2-3/h9-10H,5-8H2,1-4H3,(H2,22,25)(H,23,26);9-10H,5-8H2,1-4H3,(H,22,23,25);2-3H,10H2,1H3,(H2,11,12);3H,2H2,1H3. The number of nitrogens with zero attached hydrogens (tertiary/aromatic N) is 3. The predicted molar refractivity (Wildman–Crippen MR) is 276 cm³/mol. The first-order valence-electron chi connectivity index (χ1n) is 22.2. The molecule has 17 nitrogen and oxygen atoms in total. The zero-order chi connectivity index (χ0) is 53.3. The van der Waals surface area contributed by atoms with Gasteiger partial charge in [-0.2, -0.15) is 0 Å². The summed E-state index contributed by atoms with van der Waals surface area (Å²) in [4.78, 5) is 81.8. The summed E-state index contributed by atoms with van der Waals surface area (Å²) in [5.41, 5.74) is 14.4. The number of aryl methyl sites for hydroxylation is 3. The summed E-state index contributed by atoms with van der Waals surface area (Å²) in [7, 11) is 0. The average Bonchev–Trinajstić information content (AvgIpc) is 3.23. The van der Waals surface area contributed by atoms with Gasteiger partial charge in [-0.15, -0.1) is 0 Å². The molecule has 3 heterocycles. The highest BCUT2D eigenvalue weighted by Crippen LogP contribution is 2.36. The fraction of sp³-hybridized carbons (Fsp3) is 0.479. The highest BCUT2D eigenvalue weighted by molar-refractivity contribution is 9.11. The molecular weight excluding hydrogens is 1110 g/mol. The van der Waals surface area contributed by atoms with E-state index in [0.29, 0.717) is 32.2 Å². The van der Waals surface area contributed by atoms with E-state index in [1.165, 1.54) is 15.9 Å². The molecule has 0 radical (unpaired) electrons. The van der Waals surface area contributed by atoms with E-state index in [-0.39, 0.29) is 81.1 Å². The smallest absolute Gasteiger partial charge is 0.410 e. The molecule has 2 saturated heterocycles. The molecule has 1 aromatic heterocycles. The van der Waals surface area contributed by atoms with Crippen LogP contribution in [0.4, 0.5) is 29.7 Å². The number of halogens is 5. The minimum atomic E-state index is -2.16. The van der Waals surface area contributed by atoms with Gasteiger partial charge in [-0.3, -0.25) is 19.2 Å². The van der Waals surface area contributed by atoms with Crippen LogP contribution in [0, 0.1) is 20.8 Å². The van der Waals surface area contributed by atoms with E-state index >= 15 is 8.78 Å². The third-order valence-electron chi connectivity index (χ3n) is 10.6. The Hall–Kier alpha value is -5.19. The molecule has 6 rings (SSSR count). The largest absolute Gasteiger partial charge is 0.444 e. The Morgan fingerprint density at radius 1 is 0.743 bits per heavy atom. The summed E-state index contributed by atoms with van der Waals surface area (Å²) in [5.74, 6) is -2.07. The molecule has 70 heavy (non-hydrogen) atoms. The number of carbonyl (C=O) groups is 5. The molecule has 2 aliphatic heterocycles. The maximum atomic E-state index is 15.6. The lowest BCUT2D eigenvalue weighted by Crippen LogP contribution is -2.51. The molecule has 2 aliphatic rings. The van der Waals surface area contributed by atoms with Crippen molar-refractivity contribution in [3.63, 3.8) is 0 Å². The van der Waals surface area contributed by atoms with Crippen molar-refractivity contribution in [1.29, 1.82) is 0 Å². The lowest BCUT2D eigenvalue weighted by molar-refractivity contribution is -0.130. The number of rotatable bonds is 5. The first-order chi connectivity index (χ1) is 32.2.